The summed E-state index contributed by atoms with van der Waals surface area (Å²) in [5.41, 5.74) is 0.177. The first-order valence-corrected chi connectivity index (χ1v) is 5.21. The zero-order valence-electron chi connectivity index (χ0n) is 7.65. The van der Waals surface area contributed by atoms with Gasteiger partial charge in [-0.15, -0.1) is 11.3 Å². The third-order valence-electron chi connectivity index (χ3n) is 1.41. The Balaban J connectivity index is 2.44. The van der Waals surface area contributed by atoms with Crippen molar-refractivity contribution in [3.63, 3.8) is 0 Å². The smallest absolute Gasteiger partial charge is 0.0516 e. The van der Waals surface area contributed by atoms with Crippen molar-refractivity contribution < 1.29 is 0 Å². The monoisotopic (exact) mass is 203 g/mol. The van der Waals surface area contributed by atoms with Gasteiger partial charge in [-0.2, -0.15) is 0 Å². The summed E-state index contributed by atoms with van der Waals surface area (Å²) in [6.45, 7) is 7.37. The van der Waals surface area contributed by atoms with Gasteiger partial charge in [-0.05, 0) is 26.8 Å². The average Bonchev–Trinajstić information content (AvgIpc) is 2.30. The minimum absolute atomic E-state index is 0.177. The maximum atomic E-state index is 5.79. The third kappa shape index (κ3) is 3.57. The van der Waals surface area contributed by atoms with Crippen LogP contribution >= 0.6 is 22.9 Å². The number of hydrogen-bond donors (Lipinski definition) is 1. The lowest BCUT2D eigenvalue weighted by Gasteiger charge is -2.19. The molecular weight excluding hydrogens is 190 g/mol. The minimum Gasteiger partial charge on any atom is -0.307 e. The van der Waals surface area contributed by atoms with E-state index in [1.54, 1.807) is 11.3 Å². The van der Waals surface area contributed by atoms with Crippen molar-refractivity contribution in [2.24, 2.45) is 0 Å². The van der Waals surface area contributed by atoms with Crippen LogP contribution in [0.3, 0.4) is 0 Å². The Morgan fingerprint density at radius 3 is 2.58 bits per heavy atom. The summed E-state index contributed by atoms with van der Waals surface area (Å²) in [5.74, 6) is 0. The fraction of sp³-hybridized carbons (Fsp3) is 0.556. The molecule has 0 saturated heterocycles. The van der Waals surface area contributed by atoms with E-state index < -0.39 is 0 Å². The van der Waals surface area contributed by atoms with Crippen LogP contribution in [0.25, 0.3) is 0 Å². The van der Waals surface area contributed by atoms with Crippen molar-refractivity contribution in [1.82, 2.24) is 5.32 Å². The van der Waals surface area contributed by atoms with Crippen LogP contribution in [0.4, 0.5) is 0 Å². The molecule has 0 saturated carbocycles. The Labute approximate surface area is 82.7 Å². The predicted octanol–water partition coefficient (Wildman–Crippen LogP) is 3.29. The first kappa shape index (κ1) is 10.0. The van der Waals surface area contributed by atoms with Crippen molar-refractivity contribution in [3.05, 3.63) is 21.3 Å². The highest BCUT2D eigenvalue weighted by Crippen LogP contribution is 2.19. The summed E-state index contributed by atoms with van der Waals surface area (Å²) in [6.07, 6.45) is 0. The fourth-order valence-corrected chi connectivity index (χ4v) is 1.81. The number of nitrogens with one attached hydrogen (secondary N) is 1. The SMILES string of the molecule is CC(C)(C)NCc1cc(Cl)cs1. The lowest BCUT2D eigenvalue weighted by molar-refractivity contribution is 0.426. The quantitative estimate of drug-likeness (QED) is 0.778. The molecule has 0 bridgehead atoms. The number of halogens is 1. The normalized spacial score (nSPS) is 12.0. The maximum absolute atomic E-state index is 5.79. The summed E-state index contributed by atoms with van der Waals surface area (Å²) in [5, 5.41) is 6.20. The Kier molecular flexibility index (Phi) is 3.16. The summed E-state index contributed by atoms with van der Waals surface area (Å²) < 4.78 is 0. The van der Waals surface area contributed by atoms with Crippen LogP contribution in [0.15, 0.2) is 11.4 Å². The largest absolute Gasteiger partial charge is 0.307 e. The highest BCUT2D eigenvalue weighted by Gasteiger charge is 2.08. The van der Waals surface area contributed by atoms with Crippen LogP contribution in [0.2, 0.25) is 5.02 Å². The molecule has 1 N–H and O–H groups in total. The third-order valence-corrected chi connectivity index (χ3v) is 2.70. The highest BCUT2D eigenvalue weighted by molar-refractivity contribution is 7.10. The molecule has 0 amide bonds. The van der Waals surface area contributed by atoms with Gasteiger partial charge in [0.15, 0.2) is 0 Å². The molecular formula is C9H14ClNS. The van der Waals surface area contributed by atoms with Gasteiger partial charge in [0.1, 0.15) is 0 Å². The van der Waals surface area contributed by atoms with Crippen LogP contribution in [0.5, 0.6) is 0 Å². The lowest BCUT2D eigenvalue weighted by Crippen LogP contribution is -2.34. The van der Waals surface area contributed by atoms with Crippen molar-refractivity contribution in [2.45, 2.75) is 32.9 Å². The predicted molar refractivity (Wildman–Crippen MR) is 55.9 cm³/mol. The molecule has 0 unspecified atom stereocenters. The van der Waals surface area contributed by atoms with Gasteiger partial charge in [0.25, 0.3) is 0 Å². The van der Waals surface area contributed by atoms with Crippen molar-refractivity contribution in [3.8, 4) is 0 Å². The minimum atomic E-state index is 0.177. The second kappa shape index (κ2) is 3.77. The second-order valence-electron chi connectivity index (χ2n) is 3.83. The Morgan fingerprint density at radius 2 is 2.17 bits per heavy atom. The van der Waals surface area contributed by atoms with E-state index in [-0.39, 0.29) is 5.54 Å². The fourth-order valence-electron chi connectivity index (χ4n) is 0.799. The van der Waals surface area contributed by atoms with E-state index in [4.69, 9.17) is 11.6 Å². The molecule has 0 aliphatic heterocycles. The highest BCUT2D eigenvalue weighted by atomic mass is 35.5. The topological polar surface area (TPSA) is 12.0 Å². The maximum Gasteiger partial charge on any atom is 0.0516 e. The Hall–Kier alpha value is -0.0500. The van der Waals surface area contributed by atoms with E-state index >= 15 is 0 Å². The zero-order chi connectivity index (χ0) is 9.19. The zero-order valence-corrected chi connectivity index (χ0v) is 9.22. The second-order valence-corrected chi connectivity index (χ2v) is 5.27. The van der Waals surface area contributed by atoms with Crippen LogP contribution < -0.4 is 5.32 Å². The van der Waals surface area contributed by atoms with Gasteiger partial charge in [0, 0.05) is 22.3 Å². The number of thiophene rings is 1. The first-order chi connectivity index (χ1) is 5.47. The van der Waals surface area contributed by atoms with E-state index in [2.05, 4.69) is 26.1 Å². The van der Waals surface area contributed by atoms with Gasteiger partial charge in [-0.25, -0.2) is 0 Å². The standard InChI is InChI=1S/C9H14ClNS/c1-9(2,3)11-5-8-4-7(10)6-12-8/h4,6,11H,5H2,1-3H3. The van der Waals surface area contributed by atoms with Gasteiger partial charge in [-0.1, -0.05) is 11.6 Å². The van der Waals surface area contributed by atoms with Crippen LogP contribution in [-0.2, 0) is 6.54 Å². The van der Waals surface area contributed by atoms with E-state index in [0.29, 0.717) is 0 Å². The van der Waals surface area contributed by atoms with Crippen LogP contribution in [0, 0.1) is 0 Å². The van der Waals surface area contributed by atoms with Gasteiger partial charge >= 0.3 is 0 Å². The van der Waals surface area contributed by atoms with Gasteiger partial charge in [-0.3, -0.25) is 0 Å². The molecule has 0 aliphatic rings. The van der Waals surface area contributed by atoms with Crippen molar-refractivity contribution in [1.29, 1.82) is 0 Å². The molecule has 0 fully saturated rings. The number of hydrogen-bond acceptors (Lipinski definition) is 2. The number of rotatable bonds is 2. The molecule has 1 aromatic rings. The summed E-state index contributed by atoms with van der Waals surface area (Å²) in [7, 11) is 0. The van der Waals surface area contributed by atoms with Crippen molar-refractivity contribution >= 4 is 22.9 Å². The van der Waals surface area contributed by atoms with E-state index in [1.807, 2.05) is 11.4 Å². The molecule has 1 aromatic heterocycles. The molecule has 0 atom stereocenters. The van der Waals surface area contributed by atoms with E-state index in [1.165, 1.54) is 4.88 Å². The van der Waals surface area contributed by atoms with Crippen LogP contribution in [-0.4, -0.2) is 5.54 Å². The summed E-state index contributed by atoms with van der Waals surface area (Å²) in [4.78, 5) is 1.29. The molecule has 1 nitrogen and oxygen atoms in total. The molecule has 68 valence electrons. The van der Waals surface area contributed by atoms with E-state index in [9.17, 15) is 0 Å². The summed E-state index contributed by atoms with van der Waals surface area (Å²) in [6, 6.07) is 2.00. The summed E-state index contributed by atoms with van der Waals surface area (Å²) >= 11 is 7.49. The lowest BCUT2D eigenvalue weighted by atomic mass is 10.1. The van der Waals surface area contributed by atoms with Gasteiger partial charge < -0.3 is 5.32 Å². The molecule has 3 heteroatoms. The van der Waals surface area contributed by atoms with Crippen LogP contribution in [0.1, 0.15) is 25.6 Å². The average molecular weight is 204 g/mol. The molecule has 1 heterocycles. The van der Waals surface area contributed by atoms with Gasteiger partial charge in [0.05, 0.1) is 5.02 Å². The Morgan fingerprint density at radius 1 is 1.50 bits per heavy atom. The van der Waals surface area contributed by atoms with Crippen molar-refractivity contribution in [2.75, 3.05) is 0 Å². The molecule has 0 radical (unpaired) electrons. The Bertz CT molecular complexity index is 249. The molecule has 1 rings (SSSR count). The first-order valence-electron chi connectivity index (χ1n) is 3.95. The van der Waals surface area contributed by atoms with Gasteiger partial charge in [0.2, 0.25) is 0 Å². The molecule has 12 heavy (non-hydrogen) atoms. The molecule has 0 aromatic carbocycles. The molecule has 0 spiro atoms. The van der Waals surface area contributed by atoms with E-state index in [0.717, 1.165) is 11.6 Å². The molecule has 0 aliphatic carbocycles.